The zero-order chi connectivity index (χ0) is 21.4. The van der Waals surface area contributed by atoms with Gasteiger partial charge in [-0.1, -0.05) is 30.3 Å². The van der Waals surface area contributed by atoms with Crippen molar-refractivity contribution in [3.63, 3.8) is 0 Å². The van der Waals surface area contributed by atoms with E-state index in [0.29, 0.717) is 5.69 Å². The second-order valence-corrected chi connectivity index (χ2v) is 7.73. The Kier molecular flexibility index (Phi) is 4.97. The molecule has 3 unspecified atom stereocenters. The molecule has 2 aromatic rings. The number of amides is 3. The van der Waals surface area contributed by atoms with Gasteiger partial charge in [0.2, 0.25) is 5.91 Å². The number of carbonyl (C=O) groups excluding carboxylic acids is 2. The van der Waals surface area contributed by atoms with Crippen molar-refractivity contribution >= 4 is 17.6 Å². The highest BCUT2D eigenvalue weighted by Crippen LogP contribution is 2.35. The number of para-hydroxylation sites is 1. The van der Waals surface area contributed by atoms with Gasteiger partial charge in [0.05, 0.1) is 19.2 Å². The molecule has 9 heteroatoms. The van der Waals surface area contributed by atoms with Crippen molar-refractivity contribution in [1.29, 1.82) is 0 Å². The molecule has 2 aromatic carbocycles. The Hall–Kier alpha value is -3.56. The van der Waals surface area contributed by atoms with Crippen molar-refractivity contribution in [2.24, 2.45) is 0 Å². The number of hydrogen-bond acceptors (Lipinski definition) is 6. The van der Waals surface area contributed by atoms with Gasteiger partial charge in [-0.2, -0.15) is 0 Å². The van der Waals surface area contributed by atoms with E-state index < -0.39 is 0 Å². The van der Waals surface area contributed by atoms with Crippen LogP contribution in [0, 0.1) is 0 Å². The van der Waals surface area contributed by atoms with Crippen LogP contribution in [0.25, 0.3) is 0 Å². The summed E-state index contributed by atoms with van der Waals surface area (Å²) in [6.45, 7) is -0.0728. The van der Waals surface area contributed by atoms with Gasteiger partial charge in [0.25, 0.3) is 0 Å². The topological polar surface area (TPSA) is 89.2 Å². The van der Waals surface area contributed by atoms with Gasteiger partial charge in [0.1, 0.15) is 18.5 Å². The van der Waals surface area contributed by atoms with Gasteiger partial charge in [-0.25, -0.2) is 20.7 Å². The minimum atomic E-state index is -0.256. The fourth-order valence-corrected chi connectivity index (χ4v) is 4.25. The Morgan fingerprint density at radius 1 is 1.10 bits per heavy atom. The SMILES string of the molecule is COc1ccc(C2CC3C4NN(CC(=O)Nc5ccccc5)C(=O)N4C=CN3N2)cc1. The molecule has 31 heavy (non-hydrogen) atoms. The molecule has 3 aliphatic heterocycles. The number of nitrogens with zero attached hydrogens (tertiary/aromatic N) is 3. The summed E-state index contributed by atoms with van der Waals surface area (Å²) in [7, 11) is 1.65. The molecule has 0 aliphatic carbocycles. The van der Waals surface area contributed by atoms with E-state index in [9.17, 15) is 9.59 Å². The molecule has 0 bridgehead atoms. The molecule has 3 atom stereocenters. The Balaban J connectivity index is 1.25. The van der Waals surface area contributed by atoms with Crippen molar-refractivity contribution in [3.05, 3.63) is 72.6 Å². The normalized spacial score (nSPS) is 24.2. The number of nitrogens with one attached hydrogen (secondary N) is 3. The van der Waals surface area contributed by atoms with Crippen LogP contribution in [0.1, 0.15) is 18.0 Å². The summed E-state index contributed by atoms with van der Waals surface area (Å²) in [6, 6.07) is 17.1. The first-order chi connectivity index (χ1) is 15.1. The van der Waals surface area contributed by atoms with E-state index in [1.165, 1.54) is 5.01 Å². The number of methoxy groups -OCH3 is 1. The lowest BCUT2D eigenvalue weighted by molar-refractivity contribution is -0.117. The predicted molar refractivity (Wildman–Crippen MR) is 114 cm³/mol. The summed E-state index contributed by atoms with van der Waals surface area (Å²) >= 11 is 0. The predicted octanol–water partition coefficient (Wildman–Crippen LogP) is 2.01. The van der Waals surface area contributed by atoms with Crippen LogP contribution in [0.5, 0.6) is 5.75 Å². The molecule has 3 heterocycles. The molecule has 0 radical (unpaired) electrons. The second kappa shape index (κ2) is 7.93. The Labute approximate surface area is 180 Å². The van der Waals surface area contributed by atoms with Crippen molar-refractivity contribution < 1.29 is 14.3 Å². The number of benzene rings is 2. The van der Waals surface area contributed by atoms with Crippen molar-refractivity contribution in [1.82, 2.24) is 25.8 Å². The third-order valence-corrected chi connectivity index (χ3v) is 5.81. The van der Waals surface area contributed by atoms with Crippen LogP contribution in [-0.2, 0) is 4.79 Å². The molecule has 0 saturated carbocycles. The number of anilines is 1. The number of hydrazine groups is 2. The standard InChI is InChI=1S/C22H24N6O3/c1-31-17-9-7-15(8-10-17)18-13-19-21-25-28(22(30)26(21)11-12-27(19)24-18)14-20(29)23-16-5-3-2-4-6-16/h2-12,18-19,21,24-25H,13-14H2,1H3,(H,23,29). The van der Waals surface area contributed by atoms with E-state index in [-0.39, 0.29) is 36.7 Å². The van der Waals surface area contributed by atoms with E-state index in [4.69, 9.17) is 4.74 Å². The van der Waals surface area contributed by atoms with E-state index in [2.05, 4.69) is 16.2 Å². The van der Waals surface area contributed by atoms with Crippen molar-refractivity contribution in [3.8, 4) is 5.75 Å². The highest BCUT2D eigenvalue weighted by molar-refractivity contribution is 5.94. The summed E-state index contributed by atoms with van der Waals surface area (Å²) in [4.78, 5) is 26.9. The van der Waals surface area contributed by atoms with Gasteiger partial charge >= 0.3 is 6.03 Å². The number of carbonyl (C=O) groups is 2. The first kappa shape index (κ1) is 19.4. The Bertz CT molecular complexity index is 996. The highest BCUT2D eigenvalue weighted by Gasteiger charge is 2.48. The van der Waals surface area contributed by atoms with Crippen LogP contribution >= 0.6 is 0 Å². The van der Waals surface area contributed by atoms with Gasteiger partial charge < -0.3 is 15.1 Å². The van der Waals surface area contributed by atoms with E-state index in [1.807, 2.05) is 65.8 Å². The summed E-state index contributed by atoms with van der Waals surface area (Å²) < 4.78 is 5.24. The maximum Gasteiger partial charge on any atom is 0.340 e. The van der Waals surface area contributed by atoms with Crippen LogP contribution in [0.2, 0.25) is 0 Å². The molecule has 2 fully saturated rings. The average molecular weight is 420 g/mol. The molecule has 3 N–H and O–H groups in total. The van der Waals surface area contributed by atoms with Crippen LogP contribution in [0.4, 0.5) is 10.5 Å². The van der Waals surface area contributed by atoms with Crippen molar-refractivity contribution in [2.45, 2.75) is 24.7 Å². The van der Waals surface area contributed by atoms with Gasteiger partial charge in [0, 0.05) is 18.1 Å². The smallest absolute Gasteiger partial charge is 0.340 e. The van der Waals surface area contributed by atoms with Gasteiger partial charge in [-0.15, -0.1) is 0 Å². The van der Waals surface area contributed by atoms with E-state index in [1.54, 1.807) is 18.2 Å². The number of urea groups is 1. The van der Waals surface area contributed by atoms with Crippen LogP contribution in [-0.4, -0.2) is 52.7 Å². The lowest BCUT2D eigenvalue weighted by Crippen LogP contribution is -2.54. The Morgan fingerprint density at radius 3 is 2.61 bits per heavy atom. The summed E-state index contributed by atoms with van der Waals surface area (Å²) in [6.07, 6.45) is 4.17. The summed E-state index contributed by atoms with van der Waals surface area (Å²) in [5.74, 6) is 0.561. The lowest BCUT2D eigenvalue weighted by Gasteiger charge is -2.34. The second-order valence-electron chi connectivity index (χ2n) is 7.73. The summed E-state index contributed by atoms with van der Waals surface area (Å²) in [5, 5.41) is 6.22. The first-order valence-corrected chi connectivity index (χ1v) is 10.2. The fraction of sp³-hybridized carbons (Fsp3) is 0.273. The monoisotopic (exact) mass is 420 g/mol. The molecule has 0 aromatic heterocycles. The van der Waals surface area contributed by atoms with Gasteiger partial charge in [0.15, 0.2) is 0 Å². The zero-order valence-electron chi connectivity index (χ0n) is 17.1. The first-order valence-electron chi connectivity index (χ1n) is 10.2. The maximum absolute atomic E-state index is 12.8. The highest BCUT2D eigenvalue weighted by atomic mass is 16.5. The molecule has 9 nitrogen and oxygen atoms in total. The van der Waals surface area contributed by atoms with Gasteiger partial charge in [-0.3, -0.25) is 9.69 Å². The van der Waals surface area contributed by atoms with Crippen LogP contribution in [0.3, 0.4) is 0 Å². The van der Waals surface area contributed by atoms with Crippen molar-refractivity contribution in [2.75, 3.05) is 19.0 Å². The summed E-state index contributed by atoms with van der Waals surface area (Å²) in [5.41, 5.74) is 8.56. The molecular formula is C22H24N6O3. The number of rotatable bonds is 5. The Morgan fingerprint density at radius 2 is 1.87 bits per heavy atom. The lowest BCUT2D eigenvalue weighted by atomic mass is 10.00. The number of ether oxygens (including phenoxy) is 1. The molecule has 160 valence electrons. The van der Waals surface area contributed by atoms with E-state index >= 15 is 0 Å². The maximum atomic E-state index is 12.8. The molecule has 2 saturated heterocycles. The van der Waals surface area contributed by atoms with E-state index in [0.717, 1.165) is 17.7 Å². The minimum Gasteiger partial charge on any atom is -0.497 e. The zero-order valence-corrected chi connectivity index (χ0v) is 17.1. The quantitative estimate of drug-likeness (QED) is 0.686. The van der Waals surface area contributed by atoms with Crippen LogP contribution < -0.4 is 20.9 Å². The molecule has 3 amide bonds. The fourth-order valence-electron chi connectivity index (χ4n) is 4.25. The molecule has 0 spiro atoms. The van der Waals surface area contributed by atoms with Crippen LogP contribution in [0.15, 0.2) is 67.0 Å². The number of hydrogen-bond donors (Lipinski definition) is 3. The molecule has 5 rings (SSSR count). The molecule has 3 aliphatic rings. The minimum absolute atomic E-state index is 0.0308. The molecular weight excluding hydrogens is 396 g/mol. The van der Waals surface area contributed by atoms with Gasteiger partial charge in [-0.05, 0) is 36.2 Å². The third kappa shape index (κ3) is 3.69. The average Bonchev–Trinajstić information content (AvgIpc) is 3.36. The largest absolute Gasteiger partial charge is 0.497 e. The number of fused-ring (bicyclic) bond motifs is 3. The third-order valence-electron chi connectivity index (χ3n) is 5.81.